The van der Waals surface area contributed by atoms with Gasteiger partial charge in [0.2, 0.25) is 0 Å². The molecule has 1 N–H and O–H groups in total. The average Bonchev–Trinajstić information content (AvgIpc) is 2.74. The van der Waals surface area contributed by atoms with Crippen molar-refractivity contribution in [3.63, 3.8) is 0 Å². The summed E-state index contributed by atoms with van der Waals surface area (Å²) in [6.07, 6.45) is 0.826. The molecular weight excluding hydrogens is 324 g/mol. The molecule has 1 rings (SSSR count). The lowest BCUT2D eigenvalue weighted by Crippen LogP contribution is -2.47. The fourth-order valence-corrected chi connectivity index (χ4v) is 2.42. The van der Waals surface area contributed by atoms with Gasteiger partial charge >= 0.3 is 5.97 Å². The molecule has 0 aliphatic carbocycles. The van der Waals surface area contributed by atoms with E-state index in [4.69, 9.17) is 4.74 Å². The zero-order chi connectivity index (χ0) is 15.4. The summed E-state index contributed by atoms with van der Waals surface area (Å²) in [5.41, 5.74) is 0.317. The number of H-pyrrole nitrogens is 1. The van der Waals surface area contributed by atoms with E-state index in [0.717, 1.165) is 4.47 Å². The molecule has 0 spiro atoms. The highest BCUT2D eigenvalue weighted by Gasteiger charge is 2.28. The Morgan fingerprint density at radius 2 is 1.75 bits per heavy atom. The number of hydrogen-bond donors (Lipinski definition) is 1. The average molecular weight is 345 g/mol. The Kier molecular flexibility index (Phi) is 5.80. The molecular formula is C14H21BrN2O3. The second-order valence-corrected chi connectivity index (χ2v) is 6.13. The van der Waals surface area contributed by atoms with Crippen LogP contribution in [0.5, 0.6) is 0 Å². The maximum atomic E-state index is 12.3. The lowest BCUT2D eigenvalue weighted by Gasteiger charge is -2.32. The summed E-state index contributed by atoms with van der Waals surface area (Å²) < 4.78 is 5.97. The Labute approximate surface area is 127 Å². The number of halogens is 1. The molecule has 1 heterocycles. The van der Waals surface area contributed by atoms with Crippen LogP contribution in [0.1, 0.15) is 45.1 Å². The Balaban J connectivity index is 2.72. The van der Waals surface area contributed by atoms with Gasteiger partial charge in [-0.05, 0) is 56.6 Å². The van der Waals surface area contributed by atoms with Crippen molar-refractivity contribution < 1.29 is 14.3 Å². The maximum Gasteiger partial charge on any atom is 0.355 e. The van der Waals surface area contributed by atoms with E-state index >= 15 is 0 Å². The second kappa shape index (κ2) is 6.92. The predicted molar refractivity (Wildman–Crippen MR) is 80.5 cm³/mol. The summed E-state index contributed by atoms with van der Waals surface area (Å²) in [7, 11) is 0. The van der Waals surface area contributed by atoms with Crippen LogP contribution in [0.15, 0.2) is 16.7 Å². The first-order valence-corrected chi connectivity index (χ1v) is 7.40. The van der Waals surface area contributed by atoms with Crippen LogP contribution in [0, 0.1) is 0 Å². The molecule has 0 aliphatic heterocycles. The molecule has 1 unspecified atom stereocenters. The first-order chi connectivity index (χ1) is 9.23. The normalized spacial score (nSPS) is 12.6. The Bertz CT molecular complexity index is 475. The number of rotatable bonds is 5. The number of hydrogen-bond acceptors (Lipinski definition) is 3. The number of amides is 1. The van der Waals surface area contributed by atoms with Gasteiger partial charge in [-0.25, -0.2) is 4.79 Å². The van der Waals surface area contributed by atoms with E-state index in [1.54, 1.807) is 24.1 Å². The van der Waals surface area contributed by atoms with Gasteiger partial charge in [0.1, 0.15) is 5.69 Å². The third kappa shape index (κ3) is 4.10. The quantitative estimate of drug-likeness (QED) is 0.835. The van der Waals surface area contributed by atoms with Gasteiger partial charge in [-0.2, -0.15) is 0 Å². The van der Waals surface area contributed by atoms with Gasteiger partial charge in [-0.3, -0.25) is 4.79 Å². The van der Waals surface area contributed by atoms with Crippen LogP contribution in [-0.2, 0) is 9.53 Å². The number of nitrogens with one attached hydrogen (secondary N) is 1. The molecule has 0 fully saturated rings. The van der Waals surface area contributed by atoms with Crippen molar-refractivity contribution in [2.45, 2.75) is 52.8 Å². The molecule has 1 amide bonds. The standard InChI is InChI=1S/C14H21BrN2O3/c1-8(2)17(9(3)4)13(18)10(5)20-14(19)12-6-11(15)7-16-12/h6-10,16H,1-5H3. The molecule has 1 aromatic rings. The zero-order valence-corrected chi connectivity index (χ0v) is 14.0. The van der Waals surface area contributed by atoms with Gasteiger partial charge < -0.3 is 14.6 Å². The summed E-state index contributed by atoms with van der Waals surface area (Å²) in [5, 5.41) is 0. The second-order valence-electron chi connectivity index (χ2n) is 5.21. The summed E-state index contributed by atoms with van der Waals surface area (Å²) in [6, 6.07) is 1.73. The molecule has 1 aromatic heterocycles. The van der Waals surface area contributed by atoms with Gasteiger partial charge in [-0.15, -0.1) is 0 Å². The van der Waals surface area contributed by atoms with E-state index in [2.05, 4.69) is 20.9 Å². The van der Waals surface area contributed by atoms with E-state index in [1.807, 2.05) is 27.7 Å². The number of esters is 1. The molecule has 0 radical (unpaired) electrons. The van der Waals surface area contributed by atoms with Gasteiger partial charge in [0.15, 0.2) is 6.10 Å². The number of nitrogens with zero attached hydrogens (tertiary/aromatic N) is 1. The molecule has 20 heavy (non-hydrogen) atoms. The highest BCUT2D eigenvalue weighted by Crippen LogP contribution is 2.14. The van der Waals surface area contributed by atoms with Crippen molar-refractivity contribution in [2.24, 2.45) is 0 Å². The van der Waals surface area contributed by atoms with Crippen LogP contribution >= 0.6 is 15.9 Å². The number of aromatic amines is 1. The molecule has 5 nitrogen and oxygen atoms in total. The first kappa shape index (κ1) is 16.8. The Hall–Kier alpha value is -1.30. The van der Waals surface area contributed by atoms with E-state index in [0.29, 0.717) is 5.69 Å². The largest absolute Gasteiger partial charge is 0.448 e. The molecule has 0 saturated carbocycles. The number of ether oxygens (including phenoxy) is 1. The minimum Gasteiger partial charge on any atom is -0.448 e. The van der Waals surface area contributed by atoms with Crippen molar-refractivity contribution in [3.05, 3.63) is 22.4 Å². The Morgan fingerprint density at radius 1 is 1.20 bits per heavy atom. The van der Waals surface area contributed by atoms with Crippen LogP contribution in [0.3, 0.4) is 0 Å². The number of aromatic nitrogens is 1. The van der Waals surface area contributed by atoms with Crippen LogP contribution in [0.25, 0.3) is 0 Å². The Morgan fingerprint density at radius 3 is 2.15 bits per heavy atom. The fraction of sp³-hybridized carbons (Fsp3) is 0.571. The molecule has 0 bridgehead atoms. The molecule has 0 aromatic carbocycles. The molecule has 112 valence electrons. The van der Waals surface area contributed by atoms with Crippen LogP contribution in [0.4, 0.5) is 0 Å². The highest BCUT2D eigenvalue weighted by atomic mass is 79.9. The summed E-state index contributed by atoms with van der Waals surface area (Å²) in [6.45, 7) is 9.35. The van der Waals surface area contributed by atoms with Crippen molar-refractivity contribution >= 4 is 27.8 Å². The molecule has 0 aliphatic rings. The lowest BCUT2D eigenvalue weighted by atomic mass is 10.2. The first-order valence-electron chi connectivity index (χ1n) is 6.61. The van der Waals surface area contributed by atoms with Gasteiger partial charge in [0, 0.05) is 22.8 Å². The third-order valence-electron chi connectivity index (χ3n) is 2.87. The monoisotopic (exact) mass is 344 g/mol. The fourth-order valence-electron chi connectivity index (χ4n) is 2.08. The van der Waals surface area contributed by atoms with Crippen LogP contribution in [0.2, 0.25) is 0 Å². The van der Waals surface area contributed by atoms with Gasteiger partial charge in [0.25, 0.3) is 5.91 Å². The van der Waals surface area contributed by atoms with E-state index in [-0.39, 0.29) is 18.0 Å². The zero-order valence-electron chi connectivity index (χ0n) is 12.4. The van der Waals surface area contributed by atoms with Crippen LogP contribution < -0.4 is 0 Å². The van der Waals surface area contributed by atoms with E-state index in [1.165, 1.54) is 0 Å². The third-order valence-corrected chi connectivity index (χ3v) is 3.32. The van der Waals surface area contributed by atoms with Crippen molar-refractivity contribution in [3.8, 4) is 0 Å². The summed E-state index contributed by atoms with van der Waals surface area (Å²) >= 11 is 3.24. The summed E-state index contributed by atoms with van der Waals surface area (Å²) in [5.74, 6) is -0.724. The van der Waals surface area contributed by atoms with Gasteiger partial charge in [0.05, 0.1) is 0 Å². The van der Waals surface area contributed by atoms with E-state index < -0.39 is 12.1 Å². The minimum absolute atomic E-state index is 0.0586. The van der Waals surface area contributed by atoms with Crippen molar-refractivity contribution in [2.75, 3.05) is 0 Å². The van der Waals surface area contributed by atoms with Crippen molar-refractivity contribution in [1.82, 2.24) is 9.88 Å². The molecule has 0 saturated heterocycles. The van der Waals surface area contributed by atoms with Crippen LogP contribution in [-0.4, -0.2) is 39.9 Å². The molecule has 6 heteroatoms. The van der Waals surface area contributed by atoms with E-state index in [9.17, 15) is 9.59 Å². The molecule has 1 atom stereocenters. The summed E-state index contributed by atoms with van der Waals surface area (Å²) in [4.78, 5) is 28.7. The minimum atomic E-state index is -0.811. The SMILES string of the molecule is CC(OC(=O)c1cc(Br)c[nH]1)C(=O)N(C(C)C)C(C)C. The highest BCUT2D eigenvalue weighted by molar-refractivity contribution is 9.10. The smallest absolute Gasteiger partial charge is 0.355 e. The van der Waals surface area contributed by atoms with Gasteiger partial charge in [-0.1, -0.05) is 0 Å². The predicted octanol–water partition coefficient (Wildman–Crippen LogP) is 2.97. The topological polar surface area (TPSA) is 62.4 Å². The lowest BCUT2D eigenvalue weighted by molar-refractivity contribution is -0.143. The van der Waals surface area contributed by atoms with Crippen molar-refractivity contribution in [1.29, 1.82) is 0 Å². The maximum absolute atomic E-state index is 12.3. The number of carbonyl (C=O) groups is 2. The number of carbonyl (C=O) groups excluding carboxylic acids is 2.